The fourth-order valence-electron chi connectivity index (χ4n) is 2.95. The Morgan fingerprint density at radius 2 is 2.10 bits per heavy atom. The van der Waals surface area contributed by atoms with Crippen LogP contribution < -0.4 is 0 Å². The molecule has 0 unspecified atom stereocenters. The highest BCUT2D eigenvalue weighted by molar-refractivity contribution is 5.91. The Kier molecular flexibility index (Phi) is 4.66. The van der Waals surface area contributed by atoms with E-state index >= 15 is 0 Å². The summed E-state index contributed by atoms with van der Waals surface area (Å²) in [5.41, 5.74) is 2.71. The van der Waals surface area contributed by atoms with Crippen molar-refractivity contribution in [3.8, 4) is 0 Å². The van der Waals surface area contributed by atoms with Gasteiger partial charge in [0.15, 0.2) is 0 Å². The quantitative estimate of drug-likeness (QED) is 0.423. The van der Waals surface area contributed by atoms with Crippen molar-refractivity contribution in [2.45, 2.75) is 52.2 Å². The van der Waals surface area contributed by atoms with E-state index in [1.165, 1.54) is 12.5 Å². The second-order valence-electron chi connectivity index (χ2n) is 5.88. The lowest BCUT2D eigenvalue weighted by Gasteiger charge is -2.26. The second kappa shape index (κ2) is 6.29. The fraction of sp³-hybridized carbons (Fsp3) is 0.529. The molecule has 0 aromatic carbocycles. The van der Waals surface area contributed by atoms with Gasteiger partial charge in [-0.15, -0.1) is 0 Å². The smallest absolute Gasteiger partial charge is 0.334 e. The molecule has 0 radical (unpaired) electrons. The van der Waals surface area contributed by atoms with Gasteiger partial charge in [0.1, 0.15) is 12.2 Å². The van der Waals surface area contributed by atoms with E-state index < -0.39 is 12.1 Å². The van der Waals surface area contributed by atoms with Crippen LogP contribution in [-0.2, 0) is 19.1 Å². The lowest BCUT2D eigenvalue weighted by Crippen LogP contribution is -2.32. The molecule has 1 heterocycles. The molecule has 3 atom stereocenters. The van der Waals surface area contributed by atoms with Crippen LogP contribution in [0.4, 0.5) is 0 Å². The normalized spacial score (nSPS) is 34.9. The molecule has 0 bridgehead atoms. The summed E-state index contributed by atoms with van der Waals surface area (Å²) >= 11 is 0. The first kappa shape index (κ1) is 15.5. The highest BCUT2D eigenvalue weighted by Crippen LogP contribution is 2.36. The second-order valence-corrected chi connectivity index (χ2v) is 5.88. The number of carbonyl (C=O) groups excluding carboxylic acids is 2. The van der Waals surface area contributed by atoms with Crippen LogP contribution in [0.15, 0.2) is 35.5 Å². The van der Waals surface area contributed by atoms with Crippen LogP contribution in [0, 0.1) is 5.92 Å². The maximum atomic E-state index is 11.9. The Bertz CT molecular complexity index is 527. The first-order valence-electron chi connectivity index (χ1n) is 7.28. The van der Waals surface area contributed by atoms with Crippen LogP contribution in [0.2, 0.25) is 0 Å². The number of ether oxygens (including phenoxy) is 2. The standard InChI is InChI=1S/C17H22O4/c1-10-6-5-7-11(2)9-15-16(12(3)17(19)21-15)14(8-10)20-13(4)18/h6,9,14-16H,3,5,7-8H2,1-2,4H3/b10-6-,11-9+/t14-,15+,16+/m0/s1. The van der Waals surface area contributed by atoms with Gasteiger partial charge < -0.3 is 9.47 Å². The van der Waals surface area contributed by atoms with Gasteiger partial charge in [-0.2, -0.15) is 0 Å². The van der Waals surface area contributed by atoms with Gasteiger partial charge in [0.2, 0.25) is 0 Å². The lowest BCUT2D eigenvalue weighted by molar-refractivity contribution is -0.149. The molecule has 0 saturated carbocycles. The molecule has 2 rings (SSSR count). The van der Waals surface area contributed by atoms with E-state index in [2.05, 4.69) is 12.7 Å². The van der Waals surface area contributed by atoms with Crippen LogP contribution >= 0.6 is 0 Å². The number of rotatable bonds is 1. The molecule has 0 N–H and O–H groups in total. The van der Waals surface area contributed by atoms with Crippen molar-refractivity contribution in [3.63, 3.8) is 0 Å². The average Bonchev–Trinajstić information content (AvgIpc) is 2.62. The number of esters is 2. The first-order chi connectivity index (χ1) is 9.88. The zero-order valence-electron chi connectivity index (χ0n) is 12.8. The summed E-state index contributed by atoms with van der Waals surface area (Å²) < 4.78 is 10.9. The van der Waals surface area contributed by atoms with Crippen molar-refractivity contribution in [1.82, 2.24) is 0 Å². The minimum absolute atomic E-state index is 0.308. The Labute approximate surface area is 125 Å². The number of carbonyl (C=O) groups is 2. The van der Waals surface area contributed by atoms with Crippen LogP contribution in [0.1, 0.15) is 40.0 Å². The molecule has 0 amide bonds. The number of hydrogen-bond donors (Lipinski definition) is 0. The van der Waals surface area contributed by atoms with Crippen LogP contribution in [0.25, 0.3) is 0 Å². The maximum absolute atomic E-state index is 11.9. The molecule has 4 nitrogen and oxygen atoms in total. The highest BCUT2D eigenvalue weighted by atomic mass is 16.6. The molecule has 2 aliphatic rings. The van der Waals surface area contributed by atoms with Crippen molar-refractivity contribution in [1.29, 1.82) is 0 Å². The molecule has 1 saturated heterocycles. The van der Waals surface area contributed by atoms with Gasteiger partial charge >= 0.3 is 11.9 Å². The van der Waals surface area contributed by atoms with E-state index in [1.807, 2.05) is 19.9 Å². The molecular formula is C17H22O4. The highest BCUT2D eigenvalue weighted by Gasteiger charge is 2.44. The van der Waals surface area contributed by atoms with E-state index in [-0.39, 0.29) is 18.0 Å². The summed E-state index contributed by atoms with van der Waals surface area (Å²) in [6.07, 6.45) is 5.80. The summed E-state index contributed by atoms with van der Waals surface area (Å²) in [6.45, 7) is 9.27. The Balaban J connectivity index is 2.39. The predicted octanol–water partition coefficient (Wildman–Crippen LogP) is 3.09. The fourth-order valence-corrected chi connectivity index (χ4v) is 2.95. The summed E-state index contributed by atoms with van der Waals surface area (Å²) in [6, 6.07) is 0. The van der Waals surface area contributed by atoms with Crippen LogP contribution in [0.3, 0.4) is 0 Å². The molecule has 1 aliphatic heterocycles. The molecule has 0 aromatic rings. The van der Waals surface area contributed by atoms with Crippen LogP contribution in [0.5, 0.6) is 0 Å². The third-order valence-corrected chi connectivity index (χ3v) is 3.98. The van der Waals surface area contributed by atoms with E-state index in [1.54, 1.807) is 0 Å². The average molecular weight is 290 g/mol. The Morgan fingerprint density at radius 1 is 1.38 bits per heavy atom. The van der Waals surface area contributed by atoms with E-state index in [9.17, 15) is 9.59 Å². The third-order valence-electron chi connectivity index (χ3n) is 3.98. The van der Waals surface area contributed by atoms with Crippen molar-refractivity contribution in [3.05, 3.63) is 35.5 Å². The van der Waals surface area contributed by atoms with Gasteiger partial charge in [0, 0.05) is 18.9 Å². The maximum Gasteiger partial charge on any atom is 0.334 e. The minimum atomic E-state index is -0.412. The number of fused-ring (bicyclic) bond motifs is 1. The van der Waals surface area contributed by atoms with Gasteiger partial charge in [0.05, 0.1) is 5.92 Å². The van der Waals surface area contributed by atoms with Crippen molar-refractivity contribution in [2.24, 2.45) is 5.92 Å². The monoisotopic (exact) mass is 290 g/mol. The van der Waals surface area contributed by atoms with E-state index in [4.69, 9.17) is 9.47 Å². The van der Waals surface area contributed by atoms with Gasteiger partial charge in [-0.3, -0.25) is 4.79 Å². The lowest BCUT2D eigenvalue weighted by atomic mass is 9.85. The van der Waals surface area contributed by atoms with E-state index in [0.717, 1.165) is 18.4 Å². The molecule has 4 heteroatoms. The van der Waals surface area contributed by atoms with Crippen molar-refractivity contribution < 1.29 is 19.1 Å². The van der Waals surface area contributed by atoms with Gasteiger partial charge in [0.25, 0.3) is 0 Å². The Hall–Kier alpha value is -1.84. The van der Waals surface area contributed by atoms with Gasteiger partial charge in [-0.25, -0.2) is 4.79 Å². The van der Waals surface area contributed by atoms with E-state index in [0.29, 0.717) is 12.0 Å². The molecule has 114 valence electrons. The summed E-state index contributed by atoms with van der Waals surface area (Å²) in [5.74, 6) is -1.05. The van der Waals surface area contributed by atoms with Crippen molar-refractivity contribution in [2.75, 3.05) is 0 Å². The molecular weight excluding hydrogens is 268 g/mol. The predicted molar refractivity (Wildman–Crippen MR) is 79.4 cm³/mol. The number of allylic oxidation sites excluding steroid dienone is 2. The molecule has 21 heavy (non-hydrogen) atoms. The topological polar surface area (TPSA) is 52.6 Å². The summed E-state index contributed by atoms with van der Waals surface area (Å²) in [4.78, 5) is 23.2. The Morgan fingerprint density at radius 3 is 2.76 bits per heavy atom. The van der Waals surface area contributed by atoms with Crippen molar-refractivity contribution >= 4 is 11.9 Å². The molecule has 1 fully saturated rings. The largest absolute Gasteiger partial charge is 0.461 e. The summed E-state index contributed by atoms with van der Waals surface area (Å²) in [5, 5.41) is 0. The molecule has 0 spiro atoms. The van der Waals surface area contributed by atoms with Gasteiger partial charge in [-0.05, 0) is 32.8 Å². The third kappa shape index (κ3) is 3.63. The SMILES string of the molecule is C=C1C(=O)O[C@@H]2/C=C(\C)CC/C=C(/C)C[C@H](OC(C)=O)[C@@H]12. The summed E-state index contributed by atoms with van der Waals surface area (Å²) in [7, 11) is 0. The zero-order chi connectivity index (χ0) is 15.6. The minimum Gasteiger partial charge on any atom is -0.461 e. The first-order valence-corrected chi connectivity index (χ1v) is 7.28. The number of hydrogen-bond acceptors (Lipinski definition) is 4. The van der Waals surface area contributed by atoms with Crippen LogP contribution in [-0.4, -0.2) is 24.1 Å². The molecule has 1 aliphatic carbocycles. The zero-order valence-corrected chi connectivity index (χ0v) is 12.8. The molecule has 0 aromatic heterocycles. The van der Waals surface area contributed by atoms with Gasteiger partial charge in [-0.1, -0.05) is 23.8 Å².